The molecule has 4 atom stereocenters. The fourth-order valence-corrected chi connectivity index (χ4v) is 6.80. The zero-order valence-electron chi connectivity index (χ0n) is 21.5. The molecular weight excluding hydrogens is 520 g/mol. The van der Waals surface area contributed by atoms with Crippen molar-refractivity contribution in [3.8, 4) is 0 Å². The minimum absolute atomic E-state index is 0.0861. The topological polar surface area (TPSA) is 123 Å². The molecule has 41 heavy (non-hydrogen) atoms. The number of ketones is 2. The molecule has 3 aromatic carbocycles. The van der Waals surface area contributed by atoms with Gasteiger partial charge in [-0.3, -0.25) is 29.5 Å². The van der Waals surface area contributed by atoms with Crippen molar-refractivity contribution in [2.45, 2.75) is 17.5 Å². The van der Waals surface area contributed by atoms with Crippen LogP contribution in [0.4, 0.5) is 11.4 Å². The van der Waals surface area contributed by atoms with Crippen molar-refractivity contribution < 1.29 is 19.3 Å². The van der Waals surface area contributed by atoms with Crippen molar-refractivity contribution in [2.24, 2.45) is 5.92 Å². The number of non-ortho nitro benzene ring substituents is 1. The van der Waals surface area contributed by atoms with Crippen LogP contribution in [0, 0.1) is 16.0 Å². The molecule has 1 aromatic heterocycles. The van der Waals surface area contributed by atoms with Gasteiger partial charge >= 0.3 is 0 Å². The third kappa shape index (κ3) is 3.42. The van der Waals surface area contributed by atoms with Gasteiger partial charge in [-0.05, 0) is 41.0 Å². The number of benzene rings is 3. The maximum atomic E-state index is 14.6. The van der Waals surface area contributed by atoms with Gasteiger partial charge in [-0.2, -0.15) is 0 Å². The van der Waals surface area contributed by atoms with Gasteiger partial charge in [-0.25, -0.2) is 0 Å². The van der Waals surface area contributed by atoms with E-state index in [-0.39, 0.29) is 22.7 Å². The monoisotopic (exact) mass is 542 g/mol. The predicted molar refractivity (Wildman–Crippen MR) is 150 cm³/mol. The quantitative estimate of drug-likeness (QED) is 0.215. The second kappa shape index (κ2) is 9.06. The van der Waals surface area contributed by atoms with Crippen LogP contribution in [0.1, 0.15) is 43.4 Å². The molecule has 9 nitrogen and oxygen atoms in total. The third-order valence-corrected chi connectivity index (χ3v) is 8.41. The molecule has 200 valence electrons. The molecule has 3 aliphatic heterocycles. The molecule has 7 rings (SSSR count). The summed E-state index contributed by atoms with van der Waals surface area (Å²) in [6, 6.07) is 21.8. The van der Waals surface area contributed by atoms with Gasteiger partial charge in [-0.15, -0.1) is 0 Å². The first-order valence-corrected chi connectivity index (χ1v) is 13.1. The van der Waals surface area contributed by atoms with Gasteiger partial charge in [0.1, 0.15) is 11.5 Å². The summed E-state index contributed by atoms with van der Waals surface area (Å²) in [4.78, 5) is 60.4. The van der Waals surface area contributed by atoms with Gasteiger partial charge in [0.2, 0.25) is 5.91 Å². The SMILES string of the molecule is O=C(c1cccc([N+](=O)[O-])c1)[C@@H]1[C@H](C(=O)c2cccnc2)[C@@]2(C(=O)Nc3ccccc32)[C@@H]2c3ccccc3C=CN12. The van der Waals surface area contributed by atoms with E-state index in [4.69, 9.17) is 0 Å². The Morgan fingerprint density at radius 3 is 2.51 bits per heavy atom. The lowest BCUT2D eigenvalue weighted by molar-refractivity contribution is -0.384. The van der Waals surface area contributed by atoms with E-state index in [9.17, 15) is 24.5 Å². The maximum Gasteiger partial charge on any atom is 0.270 e. The first kappa shape index (κ1) is 24.6. The summed E-state index contributed by atoms with van der Waals surface area (Å²) in [7, 11) is 0. The predicted octanol–water partition coefficient (Wildman–Crippen LogP) is 4.97. The smallest absolute Gasteiger partial charge is 0.270 e. The first-order chi connectivity index (χ1) is 19.9. The molecule has 1 fully saturated rings. The average molecular weight is 543 g/mol. The summed E-state index contributed by atoms with van der Waals surface area (Å²) < 4.78 is 0. The number of nitro groups is 1. The first-order valence-electron chi connectivity index (χ1n) is 13.1. The number of Topliss-reactive ketones (excluding diaryl/α,β-unsaturated/α-hetero) is 2. The van der Waals surface area contributed by atoms with Crippen molar-refractivity contribution in [3.63, 3.8) is 0 Å². The van der Waals surface area contributed by atoms with Crippen LogP contribution in [0.5, 0.6) is 0 Å². The van der Waals surface area contributed by atoms with Crippen molar-refractivity contribution in [1.82, 2.24) is 9.88 Å². The number of nitro benzene ring substituents is 1. The Labute approximate surface area is 234 Å². The van der Waals surface area contributed by atoms with Crippen molar-refractivity contribution in [1.29, 1.82) is 0 Å². The number of aromatic nitrogens is 1. The zero-order chi connectivity index (χ0) is 28.3. The van der Waals surface area contributed by atoms with Gasteiger partial charge in [-0.1, -0.05) is 54.6 Å². The number of amides is 1. The lowest BCUT2D eigenvalue weighted by Gasteiger charge is -2.38. The Balaban J connectivity index is 1.53. The molecule has 0 radical (unpaired) electrons. The van der Waals surface area contributed by atoms with Crippen LogP contribution >= 0.6 is 0 Å². The number of anilines is 1. The van der Waals surface area contributed by atoms with Gasteiger partial charge in [0.05, 0.1) is 16.9 Å². The number of hydrogen-bond donors (Lipinski definition) is 1. The summed E-state index contributed by atoms with van der Waals surface area (Å²) in [5.74, 6) is -2.45. The van der Waals surface area contributed by atoms with Crippen LogP contribution in [0.2, 0.25) is 0 Å². The highest BCUT2D eigenvalue weighted by atomic mass is 16.6. The summed E-state index contributed by atoms with van der Waals surface area (Å²) in [5.41, 5.74) is 1.52. The molecule has 0 aliphatic carbocycles. The van der Waals surface area contributed by atoms with E-state index >= 15 is 0 Å². The molecule has 4 heterocycles. The van der Waals surface area contributed by atoms with Crippen molar-refractivity contribution >= 4 is 34.9 Å². The standard InChI is InChI=1S/C32H22N4O5/c37-28(21-9-6-15-33-18-21)26-27(29(38)20-8-5-10-22(17-20)36(40)41)35-16-14-19-7-1-2-11-23(19)30(35)32(26)24-12-3-4-13-25(24)34-31(32)39/h1-18,26-27,30H,(H,34,39)/t26-,27+,30+,32-/m1/s1. The maximum absolute atomic E-state index is 14.6. The summed E-state index contributed by atoms with van der Waals surface area (Å²) in [6.45, 7) is 0. The number of hydrogen-bond acceptors (Lipinski definition) is 7. The lowest BCUT2D eigenvalue weighted by Crippen LogP contribution is -2.49. The highest BCUT2D eigenvalue weighted by molar-refractivity contribution is 6.16. The van der Waals surface area contributed by atoms with Crippen LogP contribution in [0.15, 0.2) is 104 Å². The highest BCUT2D eigenvalue weighted by Crippen LogP contribution is 2.62. The van der Waals surface area contributed by atoms with Crippen LogP contribution in [0.3, 0.4) is 0 Å². The van der Waals surface area contributed by atoms with E-state index < -0.39 is 39.9 Å². The lowest BCUT2D eigenvalue weighted by atomic mass is 9.62. The molecule has 3 aliphatic rings. The minimum atomic E-state index is -1.48. The Bertz CT molecular complexity index is 1800. The number of fused-ring (bicyclic) bond motifs is 6. The molecule has 9 heteroatoms. The van der Waals surface area contributed by atoms with Gasteiger partial charge < -0.3 is 10.2 Å². The number of para-hydroxylation sites is 1. The second-order valence-electron chi connectivity index (χ2n) is 10.4. The minimum Gasteiger partial charge on any atom is -0.358 e. The Hall–Kier alpha value is -5.44. The van der Waals surface area contributed by atoms with E-state index in [2.05, 4.69) is 10.3 Å². The summed E-state index contributed by atoms with van der Waals surface area (Å²) >= 11 is 0. The number of carbonyl (C=O) groups is 3. The van der Waals surface area contributed by atoms with E-state index in [1.165, 1.54) is 30.5 Å². The molecule has 0 saturated carbocycles. The molecule has 1 spiro atoms. The average Bonchev–Trinajstić information content (AvgIpc) is 3.49. The molecule has 1 N–H and O–H groups in total. The number of nitrogens with one attached hydrogen (secondary N) is 1. The van der Waals surface area contributed by atoms with Crippen LogP contribution < -0.4 is 5.32 Å². The van der Waals surface area contributed by atoms with Crippen LogP contribution in [-0.4, -0.2) is 38.3 Å². The Morgan fingerprint density at radius 1 is 0.927 bits per heavy atom. The van der Waals surface area contributed by atoms with Crippen LogP contribution in [0.25, 0.3) is 6.08 Å². The number of rotatable bonds is 5. The van der Waals surface area contributed by atoms with E-state index in [0.717, 1.165) is 11.1 Å². The van der Waals surface area contributed by atoms with Gasteiger partial charge in [0.15, 0.2) is 11.6 Å². The van der Waals surface area contributed by atoms with E-state index in [1.807, 2.05) is 48.5 Å². The highest BCUT2D eigenvalue weighted by Gasteiger charge is 2.70. The Morgan fingerprint density at radius 2 is 1.71 bits per heavy atom. The Kier molecular flexibility index (Phi) is 5.43. The van der Waals surface area contributed by atoms with E-state index in [1.54, 1.807) is 35.5 Å². The fraction of sp³-hybridized carbons (Fsp3) is 0.125. The van der Waals surface area contributed by atoms with E-state index in [0.29, 0.717) is 11.3 Å². The number of carbonyl (C=O) groups excluding carboxylic acids is 3. The zero-order valence-corrected chi connectivity index (χ0v) is 21.5. The second-order valence-corrected chi connectivity index (χ2v) is 10.4. The normalized spacial score (nSPS) is 23.5. The van der Waals surface area contributed by atoms with Crippen molar-refractivity contribution in [3.05, 3.63) is 141 Å². The van der Waals surface area contributed by atoms with Gasteiger partial charge in [0, 0.05) is 47.5 Å². The van der Waals surface area contributed by atoms with Crippen molar-refractivity contribution in [2.75, 3.05) is 5.32 Å². The third-order valence-electron chi connectivity index (χ3n) is 8.41. The molecular formula is C32H22N4O5. The van der Waals surface area contributed by atoms with Crippen LogP contribution in [-0.2, 0) is 10.2 Å². The molecule has 0 bridgehead atoms. The summed E-state index contributed by atoms with van der Waals surface area (Å²) in [6.07, 6.45) is 6.61. The number of nitrogens with zero attached hydrogens (tertiary/aromatic N) is 3. The molecule has 1 saturated heterocycles. The number of pyridine rings is 1. The largest absolute Gasteiger partial charge is 0.358 e. The van der Waals surface area contributed by atoms with Gasteiger partial charge in [0.25, 0.3) is 5.69 Å². The molecule has 4 aromatic rings. The summed E-state index contributed by atoms with van der Waals surface area (Å²) in [5, 5.41) is 14.6. The molecule has 0 unspecified atom stereocenters. The fourth-order valence-electron chi connectivity index (χ4n) is 6.80. The molecule has 1 amide bonds.